The Morgan fingerprint density at radius 2 is 0.740 bits per heavy atom. The van der Waals surface area contributed by atoms with Crippen LogP contribution in [0.4, 0.5) is 17.1 Å². The number of fused-ring (bicyclic) bond motifs is 3. The quantitative estimate of drug-likeness (QED) is 0.185. The van der Waals surface area contributed by atoms with Crippen LogP contribution in [0.25, 0.3) is 55.3 Å². The van der Waals surface area contributed by atoms with Crippen molar-refractivity contribution in [1.82, 2.24) is 0 Å². The van der Waals surface area contributed by atoms with E-state index in [4.69, 9.17) is 0 Å². The Bertz CT molecular complexity index is 2420. The molecule has 0 unspecified atom stereocenters. The van der Waals surface area contributed by atoms with Crippen LogP contribution in [0.3, 0.4) is 0 Å². The molecule has 8 aromatic rings. The van der Waals surface area contributed by atoms with Gasteiger partial charge in [0.15, 0.2) is 0 Å². The summed E-state index contributed by atoms with van der Waals surface area (Å²) in [6, 6.07) is 66.9. The SMILES string of the molecule is N#Cc1ccc(N2c3ccc(-c4ccc(-c5ccccc5)cc4)cc3Sc3cc(-c4ccc(-c5ccccc5)cc4)ccc32)c2ccccc12. The van der Waals surface area contributed by atoms with E-state index in [0.29, 0.717) is 5.56 Å². The van der Waals surface area contributed by atoms with Crippen molar-refractivity contribution in [3.05, 3.63) is 188 Å². The molecule has 8 aromatic carbocycles. The minimum Gasteiger partial charge on any atom is -0.308 e. The van der Waals surface area contributed by atoms with Crippen molar-refractivity contribution < 1.29 is 0 Å². The molecule has 1 heterocycles. The Hall–Kier alpha value is -6.34. The van der Waals surface area contributed by atoms with E-state index in [1.54, 1.807) is 0 Å². The Labute approximate surface area is 296 Å². The largest absolute Gasteiger partial charge is 0.308 e. The van der Waals surface area contributed by atoms with Crippen LogP contribution < -0.4 is 4.90 Å². The van der Waals surface area contributed by atoms with E-state index >= 15 is 0 Å². The molecule has 9 rings (SSSR count). The van der Waals surface area contributed by atoms with Crippen LogP contribution in [-0.2, 0) is 0 Å². The zero-order valence-corrected chi connectivity index (χ0v) is 27.9. The van der Waals surface area contributed by atoms with Crippen LogP contribution in [-0.4, -0.2) is 0 Å². The van der Waals surface area contributed by atoms with Gasteiger partial charge < -0.3 is 4.90 Å². The fourth-order valence-electron chi connectivity index (χ4n) is 6.98. The molecule has 50 heavy (non-hydrogen) atoms. The highest BCUT2D eigenvalue weighted by atomic mass is 32.2. The van der Waals surface area contributed by atoms with Crippen molar-refractivity contribution in [1.29, 1.82) is 5.26 Å². The van der Waals surface area contributed by atoms with Crippen LogP contribution in [0.2, 0.25) is 0 Å². The summed E-state index contributed by atoms with van der Waals surface area (Å²) < 4.78 is 0. The first-order chi connectivity index (χ1) is 24.7. The van der Waals surface area contributed by atoms with E-state index in [1.165, 1.54) is 54.3 Å². The van der Waals surface area contributed by atoms with Gasteiger partial charge in [-0.05, 0) is 80.9 Å². The highest BCUT2D eigenvalue weighted by Crippen LogP contribution is 2.54. The molecule has 0 aliphatic carbocycles. The summed E-state index contributed by atoms with van der Waals surface area (Å²) in [6.45, 7) is 0. The molecule has 0 fully saturated rings. The fraction of sp³-hybridized carbons (Fsp3) is 0. The molecular formula is C47H30N2S. The Kier molecular flexibility index (Phi) is 7.50. The summed E-state index contributed by atoms with van der Waals surface area (Å²) in [5.74, 6) is 0. The Morgan fingerprint density at radius 3 is 1.22 bits per heavy atom. The van der Waals surface area contributed by atoms with Gasteiger partial charge in [-0.1, -0.05) is 157 Å². The van der Waals surface area contributed by atoms with Gasteiger partial charge in [0, 0.05) is 20.6 Å². The van der Waals surface area contributed by atoms with Gasteiger partial charge in [0.1, 0.15) is 0 Å². The highest BCUT2D eigenvalue weighted by Gasteiger charge is 2.27. The van der Waals surface area contributed by atoms with Gasteiger partial charge >= 0.3 is 0 Å². The number of rotatable bonds is 5. The van der Waals surface area contributed by atoms with E-state index in [-0.39, 0.29) is 0 Å². The second-order valence-corrected chi connectivity index (χ2v) is 13.6. The average molecular weight is 655 g/mol. The fourth-order valence-corrected chi connectivity index (χ4v) is 8.11. The van der Waals surface area contributed by atoms with Crippen LogP contribution in [0, 0.1) is 11.3 Å². The predicted molar refractivity (Wildman–Crippen MR) is 209 cm³/mol. The molecular weight excluding hydrogens is 625 g/mol. The number of anilines is 3. The average Bonchev–Trinajstić information content (AvgIpc) is 3.20. The molecule has 0 saturated heterocycles. The van der Waals surface area contributed by atoms with Gasteiger partial charge in [-0.3, -0.25) is 0 Å². The second-order valence-electron chi connectivity index (χ2n) is 12.5. The lowest BCUT2D eigenvalue weighted by Crippen LogP contribution is -2.15. The van der Waals surface area contributed by atoms with E-state index < -0.39 is 0 Å². The number of nitrogens with zero attached hydrogens (tertiary/aromatic N) is 2. The molecule has 0 spiro atoms. The van der Waals surface area contributed by atoms with Crippen molar-refractivity contribution in [3.63, 3.8) is 0 Å². The summed E-state index contributed by atoms with van der Waals surface area (Å²) in [6.07, 6.45) is 0. The lowest BCUT2D eigenvalue weighted by atomic mass is 9.98. The zero-order valence-electron chi connectivity index (χ0n) is 27.1. The molecule has 234 valence electrons. The van der Waals surface area contributed by atoms with Gasteiger partial charge in [0.2, 0.25) is 0 Å². The summed E-state index contributed by atoms with van der Waals surface area (Å²) >= 11 is 1.82. The molecule has 0 N–H and O–H groups in total. The monoisotopic (exact) mass is 654 g/mol. The minimum absolute atomic E-state index is 0.680. The Morgan fingerprint density at radius 1 is 0.360 bits per heavy atom. The number of hydrogen-bond donors (Lipinski definition) is 0. The summed E-state index contributed by atoms with van der Waals surface area (Å²) in [4.78, 5) is 4.74. The van der Waals surface area contributed by atoms with Crippen molar-refractivity contribution in [3.8, 4) is 50.6 Å². The van der Waals surface area contributed by atoms with Crippen LogP contribution in [0.5, 0.6) is 0 Å². The van der Waals surface area contributed by atoms with Crippen LogP contribution in [0.15, 0.2) is 192 Å². The minimum atomic E-state index is 0.680. The molecule has 0 saturated carbocycles. The number of benzene rings is 8. The maximum Gasteiger partial charge on any atom is 0.0998 e. The van der Waals surface area contributed by atoms with Crippen molar-refractivity contribution in [2.24, 2.45) is 0 Å². The third-order valence-corrected chi connectivity index (χ3v) is 10.6. The first-order valence-electron chi connectivity index (χ1n) is 16.7. The molecule has 3 heteroatoms. The van der Waals surface area contributed by atoms with Crippen LogP contribution in [0.1, 0.15) is 5.56 Å². The molecule has 0 radical (unpaired) electrons. The molecule has 0 aromatic heterocycles. The smallest absolute Gasteiger partial charge is 0.0998 e. The molecule has 0 bridgehead atoms. The lowest BCUT2D eigenvalue weighted by molar-refractivity contribution is 1.17. The molecule has 1 aliphatic heterocycles. The van der Waals surface area contributed by atoms with Gasteiger partial charge in [-0.25, -0.2) is 0 Å². The predicted octanol–water partition coefficient (Wildman–Crippen LogP) is 13.3. The molecule has 0 amide bonds. The van der Waals surface area contributed by atoms with Gasteiger partial charge in [-0.2, -0.15) is 5.26 Å². The molecule has 2 nitrogen and oxygen atoms in total. The number of nitriles is 1. The first kappa shape index (κ1) is 29.8. The molecule has 1 aliphatic rings. The Balaban J connectivity index is 1.15. The highest BCUT2D eigenvalue weighted by molar-refractivity contribution is 7.99. The lowest BCUT2D eigenvalue weighted by Gasteiger charge is -2.34. The summed E-state index contributed by atoms with van der Waals surface area (Å²) in [7, 11) is 0. The van der Waals surface area contributed by atoms with E-state index in [0.717, 1.165) is 27.8 Å². The summed E-state index contributed by atoms with van der Waals surface area (Å²) in [5, 5.41) is 11.9. The van der Waals surface area contributed by atoms with Crippen molar-refractivity contribution in [2.75, 3.05) is 4.90 Å². The van der Waals surface area contributed by atoms with E-state index in [9.17, 15) is 5.26 Å². The zero-order chi connectivity index (χ0) is 33.4. The number of hydrogen-bond acceptors (Lipinski definition) is 3. The molecule has 0 atom stereocenters. The second kappa shape index (κ2) is 12.6. The normalized spacial score (nSPS) is 11.9. The third kappa shape index (κ3) is 5.33. The third-order valence-electron chi connectivity index (χ3n) is 9.53. The maximum atomic E-state index is 9.93. The van der Waals surface area contributed by atoms with Gasteiger partial charge in [0.25, 0.3) is 0 Å². The van der Waals surface area contributed by atoms with E-state index in [2.05, 4.69) is 175 Å². The van der Waals surface area contributed by atoms with Gasteiger partial charge in [0.05, 0.1) is 28.7 Å². The van der Waals surface area contributed by atoms with E-state index in [1.807, 2.05) is 30.0 Å². The first-order valence-corrected chi connectivity index (χ1v) is 17.5. The summed E-state index contributed by atoms with van der Waals surface area (Å²) in [5.41, 5.74) is 13.6. The standard InChI is InChI=1S/C47H30N2S/c48-31-40-25-26-43(42-14-8-7-13-41(40)42)49-44-27-23-38(36-19-15-34(16-20-36)32-9-3-1-4-10-32)29-46(44)50-47-30-39(24-28-45(47)49)37-21-17-35(18-22-37)33-11-5-2-6-12-33/h1-30H. The van der Waals surface area contributed by atoms with Crippen LogP contribution >= 0.6 is 11.8 Å². The van der Waals surface area contributed by atoms with Crippen molar-refractivity contribution >= 4 is 39.6 Å². The maximum absolute atomic E-state index is 9.93. The van der Waals surface area contributed by atoms with Gasteiger partial charge in [-0.15, -0.1) is 0 Å². The van der Waals surface area contributed by atoms with Crippen molar-refractivity contribution in [2.45, 2.75) is 9.79 Å². The topological polar surface area (TPSA) is 27.0 Å².